The minimum Gasteiger partial charge on any atom is -0.378 e. The van der Waals surface area contributed by atoms with E-state index in [0.29, 0.717) is 0 Å². The molecule has 0 amide bonds. The Morgan fingerprint density at radius 2 is 1.61 bits per heavy atom. The zero-order chi connectivity index (χ0) is 16.9. The van der Waals surface area contributed by atoms with Crippen molar-refractivity contribution in [3.63, 3.8) is 0 Å². The fourth-order valence-electron chi connectivity index (χ4n) is 3.48. The van der Waals surface area contributed by atoms with Crippen LogP contribution in [-0.2, 0) is 5.41 Å². The molecule has 0 aliphatic heterocycles. The maximum absolute atomic E-state index is 10.1. The molecule has 0 N–H and O–H groups in total. The quantitative estimate of drug-likeness (QED) is 0.741. The Hall–Kier alpha value is -2.27. The molecule has 2 aromatic carbocycles. The number of benzene rings is 2. The third kappa shape index (κ3) is 3.24. The first-order valence-corrected chi connectivity index (χ1v) is 8.33. The number of rotatable bonds is 6. The molecule has 0 heterocycles. The van der Waals surface area contributed by atoms with Gasteiger partial charge in [0.15, 0.2) is 0 Å². The van der Waals surface area contributed by atoms with E-state index >= 15 is 0 Å². The van der Waals surface area contributed by atoms with Gasteiger partial charge in [0.1, 0.15) is 0 Å². The fraction of sp³-hybridized carbons (Fsp3) is 0.381. The maximum Gasteiger partial charge on any atom is 0.0887 e. The highest BCUT2D eigenvalue weighted by Gasteiger charge is 2.39. The van der Waals surface area contributed by atoms with E-state index in [0.717, 1.165) is 18.4 Å². The highest BCUT2D eigenvalue weighted by Crippen LogP contribution is 2.43. The molecule has 23 heavy (non-hydrogen) atoms. The molecule has 120 valence electrons. The monoisotopic (exact) mass is 306 g/mol. The van der Waals surface area contributed by atoms with Gasteiger partial charge in [-0.3, -0.25) is 0 Å². The number of hydrogen-bond donors (Lipinski definition) is 0. The zero-order valence-electron chi connectivity index (χ0n) is 14.6. The predicted octanol–water partition coefficient (Wildman–Crippen LogP) is 5.12. The Morgan fingerprint density at radius 3 is 2.04 bits per heavy atom. The lowest BCUT2D eigenvalue weighted by molar-refractivity contribution is 0.410. The number of anilines is 1. The molecule has 0 saturated heterocycles. The van der Waals surface area contributed by atoms with Gasteiger partial charge in [-0.25, -0.2) is 0 Å². The number of nitrogens with zero attached hydrogens (tertiary/aromatic N) is 2. The fourth-order valence-corrected chi connectivity index (χ4v) is 3.48. The van der Waals surface area contributed by atoms with Crippen molar-refractivity contribution in [3.05, 3.63) is 65.7 Å². The lowest BCUT2D eigenvalue weighted by Gasteiger charge is -2.35. The first-order valence-electron chi connectivity index (χ1n) is 8.33. The second-order valence-electron chi connectivity index (χ2n) is 6.25. The van der Waals surface area contributed by atoms with Gasteiger partial charge in [-0.05, 0) is 36.1 Å². The molecular formula is C21H26N2. The van der Waals surface area contributed by atoms with Gasteiger partial charge in [0.25, 0.3) is 0 Å². The molecule has 0 radical (unpaired) electrons. The molecule has 0 aliphatic rings. The summed E-state index contributed by atoms with van der Waals surface area (Å²) in [5, 5.41) is 10.1. The summed E-state index contributed by atoms with van der Waals surface area (Å²) in [6.45, 7) is 4.29. The van der Waals surface area contributed by atoms with Crippen LogP contribution < -0.4 is 4.90 Å². The third-order valence-corrected chi connectivity index (χ3v) is 4.86. The molecule has 2 nitrogen and oxygen atoms in total. The largest absolute Gasteiger partial charge is 0.378 e. The molecule has 0 fully saturated rings. The van der Waals surface area contributed by atoms with Crippen LogP contribution in [-0.4, -0.2) is 14.1 Å². The molecule has 2 rings (SSSR count). The van der Waals surface area contributed by atoms with Crippen LogP contribution in [0.2, 0.25) is 0 Å². The van der Waals surface area contributed by atoms with Crippen molar-refractivity contribution in [3.8, 4) is 6.07 Å². The third-order valence-electron chi connectivity index (χ3n) is 4.86. The summed E-state index contributed by atoms with van der Waals surface area (Å²) in [5.41, 5.74) is 3.07. The highest BCUT2D eigenvalue weighted by molar-refractivity contribution is 5.48. The van der Waals surface area contributed by atoms with E-state index in [4.69, 9.17) is 0 Å². The van der Waals surface area contributed by atoms with Crippen LogP contribution in [0.1, 0.15) is 43.7 Å². The summed E-state index contributed by atoms with van der Waals surface area (Å²) in [6.07, 6.45) is 1.75. The van der Waals surface area contributed by atoms with Gasteiger partial charge in [0, 0.05) is 25.7 Å². The van der Waals surface area contributed by atoms with Crippen molar-refractivity contribution in [2.45, 2.75) is 38.0 Å². The average molecular weight is 306 g/mol. The summed E-state index contributed by atoms with van der Waals surface area (Å²) in [6, 6.07) is 21.5. The molecule has 2 aromatic rings. The SMILES string of the molecule is CCC(c1ccc(N(C)C)cc1)C(C#N)(CC)c1ccccc1. The van der Waals surface area contributed by atoms with Gasteiger partial charge in [-0.1, -0.05) is 56.3 Å². The van der Waals surface area contributed by atoms with Crippen molar-refractivity contribution in [2.24, 2.45) is 0 Å². The van der Waals surface area contributed by atoms with Crippen LogP contribution in [0.25, 0.3) is 0 Å². The average Bonchev–Trinajstić information content (AvgIpc) is 2.60. The molecule has 0 aliphatic carbocycles. The van der Waals surface area contributed by atoms with Crippen LogP contribution in [0.4, 0.5) is 5.69 Å². The molecule has 0 spiro atoms. The normalized spacial score (nSPS) is 14.6. The minimum atomic E-state index is -0.477. The van der Waals surface area contributed by atoms with Crippen LogP contribution >= 0.6 is 0 Å². The second-order valence-corrected chi connectivity index (χ2v) is 6.25. The van der Waals surface area contributed by atoms with Crippen LogP contribution in [0.3, 0.4) is 0 Å². The van der Waals surface area contributed by atoms with Crippen molar-refractivity contribution < 1.29 is 0 Å². The van der Waals surface area contributed by atoms with Crippen molar-refractivity contribution in [1.29, 1.82) is 5.26 Å². The minimum absolute atomic E-state index is 0.191. The van der Waals surface area contributed by atoms with Crippen LogP contribution in [0, 0.1) is 11.3 Å². The predicted molar refractivity (Wildman–Crippen MR) is 97.8 cm³/mol. The smallest absolute Gasteiger partial charge is 0.0887 e. The van der Waals surface area contributed by atoms with Crippen molar-refractivity contribution in [1.82, 2.24) is 0 Å². The van der Waals surface area contributed by atoms with E-state index in [2.05, 4.69) is 61.2 Å². The molecule has 2 atom stereocenters. The molecular weight excluding hydrogens is 280 g/mol. The van der Waals surface area contributed by atoms with Gasteiger partial charge < -0.3 is 4.90 Å². The van der Waals surface area contributed by atoms with Gasteiger partial charge in [0.05, 0.1) is 11.5 Å². The topological polar surface area (TPSA) is 27.0 Å². The summed E-state index contributed by atoms with van der Waals surface area (Å²) >= 11 is 0. The molecule has 0 bridgehead atoms. The summed E-state index contributed by atoms with van der Waals surface area (Å²) in [5.74, 6) is 0.191. The van der Waals surface area contributed by atoms with Crippen LogP contribution in [0.15, 0.2) is 54.6 Å². The van der Waals surface area contributed by atoms with Gasteiger partial charge in [-0.2, -0.15) is 5.26 Å². The second kappa shape index (κ2) is 7.33. The first-order chi connectivity index (χ1) is 11.1. The van der Waals surface area contributed by atoms with E-state index in [1.807, 2.05) is 32.3 Å². The number of nitriles is 1. The molecule has 0 aromatic heterocycles. The van der Waals surface area contributed by atoms with Gasteiger partial charge in [0.2, 0.25) is 0 Å². The molecule has 0 saturated carbocycles. The Bertz CT molecular complexity index is 652. The Morgan fingerprint density at radius 1 is 1.00 bits per heavy atom. The Balaban J connectivity index is 2.49. The van der Waals surface area contributed by atoms with Crippen molar-refractivity contribution >= 4 is 5.69 Å². The standard InChI is InChI=1S/C21H26N2/c1-5-20(17-12-14-19(15-13-17)23(3)4)21(6-2,16-22)18-10-8-7-9-11-18/h7-15,20H,5-6H2,1-4H3. The zero-order valence-corrected chi connectivity index (χ0v) is 14.6. The summed E-state index contributed by atoms with van der Waals surface area (Å²) in [4.78, 5) is 2.10. The summed E-state index contributed by atoms with van der Waals surface area (Å²) in [7, 11) is 4.09. The van der Waals surface area contributed by atoms with E-state index in [1.54, 1.807) is 0 Å². The lowest BCUT2D eigenvalue weighted by Crippen LogP contribution is -2.31. The lowest BCUT2D eigenvalue weighted by atomic mass is 9.66. The number of hydrogen-bond acceptors (Lipinski definition) is 2. The Kier molecular flexibility index (Phi) is 5.45. The molecule has 2 heteroatoms. The highest BCUT2D eigenvalue weighted by atomic mass is 15.1. The molecule has 2 unspecified atom stereocenters. The van der Waals surface area contributed by atoms with E-state index in [9.17, 15) is 5.26 Å². The van der Waals surface area contributed by atoms with Crippen molar-refractivity contribution in [2.75, 3.05) is 19.0 Å². The summed E-state index contributed by atoms with van der Waals surface area (Å²) < 4.78 is 0. The van der Waals surface area contributed by atoms with Gasteiger partial charge in [-0.15, -0.1) is 0 Å². The first kappa shape index (κ1) is 17.1. The van der Waals surface area contributed by atoms with Gasteiger partial charge >= 0.3 is 0 Å². The van der Waals surface area contributed by atoms with E-state index in [1.165, 1.54) is 11.3 Å². The maximum atomic E-state index is 10.1. The van der Waals surface area contributed by atoms with Crippen LogP contribution in [0.5, 0.6) is 0 Å². The Labute approximate surface area is 140 Å². The van der Waals surface area contributed by atoms with E-state index in [-0.39, 0.29) is 5.92 Å². The van der Waals surface area contributed by atoms with E-state index < -0.39 is 5.41 Å².